The SMILES string of the molecule is CC(C)(CCc1ccc2c(c1)COC2)CNC1CC1. The van der Waals surface area contributed by atoms with Gasteiger partial charge in [-0.05, 0) is 47.8 Å². The second-order valence-corrected chi connectivity index (χ2v) is 6.92. The normalized spacial score (nSPS) is 18.6. The molecular weight excluding hydrogens is 234 g/mol. The van der Waals surface area contributed by atoms with E-state index in [9.17, 15) is 0 Å². The number of hydrogen-bond acceptors (Lipinski definition) is 2. The standard InChI is InChI=1S/C17H25NO/c1-17(2,12-18-16-5-6-16)8-7-13-3-4-14-10-19-11-15(14)9-13/h3-4,9,16,18H,5-8,10-12H2,1-2H3. The van der Waals surface area contributed by atoms with Gasteiger partial charge in [-0.15, -0.1) is 0 Å². The lowest BCUT2D eigenvalue weighted by Crippen LogP contribution is -2.31. The second-order valence-electron chi connectivity index (χ2n) is 6.92. The van der Waals surface area contributed by atoms with E-state index in [4.69, 9.17) is 4.74 Å². The van der Waals surface area contributed by atoms with Gasteiger partial charge in [0.25, 0.3) is 0 Å². The molecule has 2 aliphatic rings. The molecule has 1 aliphatic carbocycles. The van der Waals surface area contributed by atoms with Gasteiger partial charge in [-0.1, -0.05) is 32.0 Å². The summed E-state index contributed by atoms with van der Waals surface area (Å²) in [5, 5.41) is 3.65. The van der Waals surface area contributed by atoms with Gasteiger partial charge in [-0.3, -0.25) is 0 Å². The Bertz CT molecular complexity index is 449. The lowest BCUT2D eigenvalue weighted by Gasteiger charge is -2.25. The Morgan fingerprint density at radius 1 is 1.21 bits per heavy atom. The van der Waals surface area contributed by atoms with Gasteiger partial charge < -0.3 is 10.1 Å². The van der Waals surface area contributed by atoms with Crippen LogP contribution >= 0.6 is 0 Å². The lowest BCUT2D eigenvalue weighted by molar-refractivity contribution is 0.134. The predicted molar refractivity (Wildman–Crippen MR) is 78.1 cm³/mol. The number of hydrogen-bond donors (Lipinski definition) is 1. The van der Waals surface area contributed by atoms with E-state index in [1.54, 1.807) is 0 Å². The maximum absolute atomic E-state index is 5.48. The molecule has 0 unspecified atom stereocenters. The molecule has 2 heteroatoms. The van der Waals surface area contributed by atoms with Gasteiger partial charge in [-0.25, -0.2) is 0 Å². The Morgan fingerprint density at radius 3 is 2.79 bits per heavy atom. The van der Waals surface area contributed by atoms with Crippen molar-refractivity contribution < 1.29 is 4.74 Å². The molecule has 2 nitrogen and oxygen atoms in total. The number of ether oxygens (including phenoxy) is 1. The Labute approximate surface area is 116 Å². The molecule has 1 aromatic carbocycles. The van der Waals surface area contributed by atoms with Crippen molar-refractivity contribution in [2.75, 3.05) is 6.54 Å². The summed E-state index contributed by atoms with van der Waals surface area (Å²) in [4.78, 5) is 0. The fourth-order valence-corrected chi connectivity index (χ4v) is 2.66. The molecule has 1 aromatic rings. The van der Waals surface area contributed by atoms with Gasteiger partial charge in [0.1, 0.15) is 0 Å². The van der Waals surface area contributed by atoms with Crippen LogP contribution in [0.2, 0.25) is 0 Å². The molecule has 104 valence electrons. The number of aryl methyl sites for hydroxylation is 1. The van der Waals surface area contributed by atoms with Gasteiger partial charge >= 0.3 is 0 Å². The summed E-state index contributed by atoms with van der Waals surface area (Å²) >= 11 is 0. The zero-order valence-corrected chi connectivity index (χ0v) is 12.2. The zero-order valence-electron chi connectivity index (χ0n) is 12.2. The molecule has 0 amide bonds. The summed E-state index contributed by atoms with van der Waals surface area (Å²) < 4.78 is 5.48. The van der Waals surface area contributed by atoms with Crippen molar-refractivity contribution in [3.8, 4) is 0 Å². The highest BCUT2D eigenvalue weighted by atomic mass is 16.5. The molecule has 0 spiro atoms. The molecule has 1 heterocycles. The van der Waals surface area contributed by atoms with E-state index in [0.717, 1.165) is 25.8 Å². The van der Waals surface area contributed by atoms with E-state index in [0.29, 0.717) is 5.41 Å². The Balaban J connectivity index is 1.52. The van der Waals surface area contributed by atoms with Crippen molar-refractivity contribution >= 4 is 0 Å². The van der Waals surface area contributed by atoms with Crippen molar-refractivity contribution in [1.82, 2.24) is 5.32 Å². The number of rotatable bonds is 6. The van der Waals surface area contributed by atoms with E-state index in [1.165, 1.54) is 42.4 Å². The van der Waals surface area contributed by atoms with Gasteiger partial charge in [0, 0.05) is 12.6 Å². The zero-order chi connectivity index (χ0) is 13.3. The predicted octanol–water partition coefficient (Wildman–Crippen LogP) is 3.43. The third kappa shape index (κ3) is 3.58. The molecule has 0 saturated heterocycles. The maximum atomic E-state index is 5.48. The van der Waals surface area contributed by atoms with Crippen LogP contribution in [0.3, 0.4) is 0 Å². The minimum Gasteiger partial charge on any atom is -0.372 e. The fourth-order valence-electron chi connectivity index (χ4n) is 2.66. The van der Waals surface area contributed by atoms with Crippen LogP contribution in [0.4, 0.5) is 0 Å². The molecule has 1 N–H and O–H groups in total. The Hall–Kier alpha value is -0.860. The van der Waals surface area contributed by atoms with Crippen LogP contribution in [-0.4, -0.2) is 12.6 Å². The van der Waals surface area contributed by atoms with Gasteiger partial charge in [-0.2, -0.15) is 0 Å². The van der Waals surface area contributed by atoms with Crippen LogP contribution in [0.25, 0.3) is 0 Å². The van der Waals surface area contributed by atoms with Gasteiger partial charge in [0.2, 0.25) is 0 Å². The van der Waals surface area contributed by atoms with Crippen LogP contribution in [0.5, 0.6) is 0 Å². The van der Waals surface area contributed by atoms with Crippen molar-refractivity contribution in [3.05, 3.63) is 34.9 Å². The summed E-state index contributed by atoms with van der Waals surface area (Å²) in [6.07, 6.45) is 5.17. The molecule has 1 fully saturated rings. The largest absolute Gasteiger partial charge is 0.372 e. The third-order valence-corrected chi connectivity index (χ3v) is 4.32. The molecular formula is C17H25NO. The van der Waals surface area contributed by atoms with Crippen LogP contribution in [-0.2, 0) is 24.4 Å². The van der Waals surface area contributed by atoms with E-state index in [-0.39, 0.29) is 0 Å². The van der Waals surface area contributed by atoms with Crippen LogP contribution in [0.15, 0.2) is 18.2 Å². The number of nitrogens with one attached hydrogen (secondary N) is 1. The maximum Gasteiger partial charge on any atom is 0.0725 e. The molecule has 0 atom stereocenters. The number of benzene rings is 1. The Morgan fingerprint density at radius 2 is 2.00 bits per heavy atom. The molecule has 19 heavy (non-hydrogen) atoms. The lowest BCUT2D eigenvalue weighted by atomic mass is 9.85. The van der Waals surface area contributed by atoms with E-state index in [2.05, 4.69) is 37.4 Å². The van der Waals surface area contributed by atoms with E-state index >= 15 is 0 Å². The third-order valence-electron chi connectivity index (χ3n) is 4.32. The highest BCUT2D eigenvalue weighted by Crippen LogP contribution is 2.27. The first-order valence-electron chi connectivity index (χ1n) is 7.54. The monoisotopic (exact) mass is 259 g/mol. The summed E-state index contributed by atoms with van der Waals surface area (Å²) in [5.74, 6) is 0. The second kappa shape index (κ2) is 5.26. The fraction of sp³-hybridized carbons (Fsp3) is 0.647. The first-order valence-corrected chi connectivity index (χ1v) is 7.54. The van der Waals surface area contributed by atoms with E-state index < -0.39 is 0 Å². The summed E-state index contributed by atoms with van der Waals surface area (Å²) in [5.41, 5.74) is 4.62. The highest BCUT2D eigenvalue weighted by Gasteiger charge is 2.25. The summed E-state index contributed by atoms with van der Waals surface area (Å²) in [6.45, 7) is 7.49. The average molecular weight is 259 g/mol. The van der Waals surface area contributed by atoms with E-state index in [1.807, 2.05) is 0 Å². The first-order chi connectivity index (χ1) is 9.12. The quantitative estimate of drug-likeness (QED) is 0.845. The summed E-state index contributed by atoms with van der Waals surface area (Å²) in [7, 11) is 0. The average Bonchev–Trinajstić information content (AvgIpc) is 3.11. The van der Waals surface area contributed by atoms with Crippen molar-refractivity contribution in [3.63, 3.8) is 0 Å². The molecule has 3 rings (SSSR count). The topological polar surface area (TPSA) is 21.3 Å². The molecule has 0 radical (unpaired) electrons. The molecule has 1 aliphatic heterocycles. The molecule has 1 saturated carbocycles. The first kappa shape index (κ1) is 13.1. The van der Waals surface area contributed by atoms with Gasteiger partial charge in [0.15, 0.2) is 0 Å². The Kier molecular flexibility index (Phi) is 3.64. The van der Waals surface area contributed by atoms with Crippen molar-refractivity contribution in [1.29, 1.82) is 0 Å². The summed E-state index contributed by atoms with van der Waals surface area (Å²) in [6, 6.07) is 7.68. The minimum absolute atomic E-state index is 0.387. The smallest absolute Gasteiger partial charge is 0.0725 e. The van der Waals surface area contributed by atoms with Crippen molar-refractivity contribution in [2.24, 2.45) is 5.41 Å². The number of fused-ring (bicyclic) bond motifs is 1. The van der Waals surface area contributed by atoms with Crippen LogP contribution in [0, 0.1) is 5.41 Å². The molecule has 0 bridgehead atoms. The highest BCUT2D eigenvalue weighted by molar-refractivity contribution is 5.33. The van der Waals surface area contributed by atoms with Crippen LogP contribution < -0.4 is 5.32 Å². The molecule has 0 aromatic heterocycles. The minimum atomic E-state index is 0.387. The van der Waals surface area contributed by atoms with Crippen molar-refractivity contribution in [2.45, 2.75) is 58.8 Å². The van der Waals surface area contributed by atoms with Gasteiger partial charge in [0.05, 0.1) is 13.2 Å². The van der Waals surface area contributed by atoms with Crippen LogP contribution in [0.1, 0.15) is 49.8 Å².